The highest BCUT2D eigenvalue weighted by atomic mass is 29.3. The summed E-state index contributed by atoms with van der Waals surface area (Å²) in [6.07, 6.45) is 5.29. The maximum atomic E-state index is 6.34. The van der Waals surface area contributed by atoms with E-state index in [1.165, 1.54) is 25.7 Å². The second-order valence-electron chi connectivity index (χ2n) is 6.49. The fraction of sp³-hybridized carbons (Fsp3) is 1.00. The second-order valence-corrected chi connectivity index (χ2v) is 22.4. The van der Waals surface area contributed by atoms with E-state index in [4.69, 9.17) is 4.43 Å². The molecule has 0 spiro atoms. The molecule has 1 nitrogen and oxygen atoms in total. The number of hydrogen-bond acceptors (Lipinski definition) is 1. The minimum Gasteiger partial charge on any atom is -0.420 e. The van der Waals surface area contributed by atoms with E-state index in [-0.39, 0.29) is 0 Å². The summed E-state index contributed by atoms with van der Waals surface area (Å²) in [6, 6.07) is 0. The van der Waals surface area contributed by atoms with Gasteiger partial charge in [0.15, 0.2) is 7.83 Å². The maximum Gasteiger partial charge on any atom is 0.173 e. The van der Waals surface area contributed by atoms with Gasteiger partial charge in [-0.15, -0.1) is 0 Å². The lowest BCUT2D eigenvalue weighted by atomic mass is 10.0. The van der Waals surface area contributed by atoms with Gasteiger partial charge in [-0.3, -0.25) is 0 Å². The van der Waals surface area contributed by atoms with Crippen LogP contribution in [0, 0.1) is 5.92 Å². The van der Waals surface area contributed by atoms with Crippen molar-refractivity contribution in [2.24, 2.45) is 5.92 Å². The van der Waals surface area contributed by atoms with Crippen molar-refractivity contribution in [3.05, 3.63) is 0 Å². The average molecular weight is 261 g/mol. The third kappa shape index (κ3) is 5.64. The fourth-order valence-corrected chi connectivity index (χ4v) is 4.08. The summed E-state index contributed by atoms with van der Waals surface area (Å²) < 4.78 is 6.34. The van der Waals surface area contributed by atoms with Crippen molar-refractivity contribution in [3.8, 4) is 0 Å². The molecule has 98 valence electrons. The van der Waals surface area contributed by atoms with Gasteiger partial charge in [-0.2, -0.15) is 0 Å². The molecule has 0 heterocycles. The van der Waals surface area contributed by atoms with E-state index in [2.05, 4.69) is 46.6 Å². The van der Waals surface area contributed by atoms with Gasteiger partial charge in [-0.25, -0.2) is 0 Å². The highest BCUT2D eigenvalue weighted by molar-refractivity contribution is 7.37. The van der Waals surface area contributed by atoms with E-state index >= 15 is 0 Å². The number of hydrogen-bond donors (Lipinski definition) is 0. The molecular weight excluding hydrogens is 228 g/mol. The molecule has 0 aromatic heterocycles. The molecule has 0 aliphatic carbocycles. The normalized spacial score (nSPS) is 15.2. The van der Waals surface area contributed by atoms with Gasteiger partial charge < -0.3 is 4.43 Å². The maximum absolute atomic E-state index is 6.34. The third-order valence-electron chi connectivity index (χ3n) is 4.03. The first-order valence-electron chi connectivity index (χ1n) is 6.88. The molecule has 0 rings (SSSR count). The Labute approximate surface area is 105 Å². The van der Waals surface area contributed by atoms with Crippen LogP contribution in [0.1, 0.15) is 39.5 Å². The molecule has 0 aliphatic heterocycles. The Hall–Kier alpha value is 0.394. The summed E-state index contributed by atoms with van der Waals surface area (Å²) in [5.41, 5.74) is 0. The lowest BCUT2D eigenvalue weighted by molar-refractivity contribution is 0.231. The molecule has 0 saturated heterocycles. The lowest BCUT2D eigenvalue weighted by Crippen LogP contribution is -2.55. The Morgan fingerprint density at radius 2 is 1.56 bits per heavy atom. The zero-order chi connectivity index (χ0) is 12.8. The van der Waals surface area contributed by atoms with Crippen LogP contribution in [0.25, 0.3) is 0 Å². The summed E-state index contributed by atoms with van der Waals surface area (Å²) in [5.74, 6) is 0.795. The zero-order valence-electron chi connectivity index (χ0n) is 12.5. The molecular formula is C13H32OSi2. The van der Waals surface area contributed by atoms with Crippen LogP contribution >= 0.6 is 0 Å². The summed E-state index contributed by atoms with van der Waals surface area (Å²) in [4.78, 5) is 0. The summed E-state index contributed by atoms with van der Waals surface area (Å²) >= 11 is 0. The molecule has 0 aliphatic rings. The van der Waals surface area contributed by atoms with Crippen molar-refractivity contribution < 1.29 is 4.43 Å². The minimum absolute atomic E-state index is 0.795. The molecule has 1 atom stereocenters. The molecule has 0 fully saturated rings. The van der Waals surface area contributed by atoms with E-state index in [0.717, 1.165) is 12.5 Å². The van der Waals surface area contributed by atoms with Crippen LogP contribution in [0.4, 0.5) is 0 Å². The zero-order valence-corrected chi connectivity index (χ0v) is 14.5. The van der Waals surface area contributed by atoms with Crippen LogP contribution in [0.15, 0.2) is 0 Å². The second kappa shape index (κ2) is 6.97. The summed E-state index contributed by atoms with van der Waals surface area (Å²) in [6.45, 7) is 17.8. The molecule has 0 bridgehead atoms. The fourth-order valence-electron chi connectivity index (χ4n) is 1.44. The largest absolute Gasteiger partial charge is 0.420 e. The lowest BCUT2D eigenvalue weighted by Gasteiger charge is -2.36. The van der Waals surface area contributed by atoms with Gasteiger partial charge >= 0.3 is 0 Å². The first kappa shape index (κ1) is 16.4. The van der Waals surface area contributed by atoms with Gasteiger partial charge in [-0.05, 0) is 25.4 Å². The van der Waals surface area contributed by atoms with E-state index in [1.807, 2.05) is 0 Å². The van der Waals surface area contributed by atoms with Crippen molar-refractivity contribution >= 4 is 15.4 Å². The molecule has 0 amide bonds. The van der Waals surface area contributed by atoms with Gasteiger partial charge in [0.2, 0.25) is 0 Å². The first-order valence-corrected chi connectivity index (χ1v) is 14.3. The van der Waals surface area contributed by atoms with Gasteiger partial charge in [0.25, 0.3) is 0 Å². The monoisotopic (exact) mass is 260 g/mol. The standard InChI is InChI=1S/C13H32OSi2/c1-8-10-11-13(9-2)12-14-16(6,7)15(3,4)5/h13H,8-12H2,1-7H3. The molecule has 16 heavy (non-hydrogen) atoms. The number of rotatable bonds is 8. The molecule has 0 saturated carbocycles. The molecule has 3 heteroatoms. The van der Waals surface area contributed by atoms with Crippen molar-refractivity contribution in [1.82, 2.24) is 0 Å². The third-order valence-corrected chi connectivity index (χ3v) is 19.8. The Morgan fingerprint density at radius 3 is 1.94 bits per heavy atom. The quantitative estimate of drug-likeness (QED) is 0.567. The van der Waals surface area contributed by atoms with Gasteiger partial charge in [-0.1, -0.05) is 52.8 Å². The Balaban J connectivity index is 4.10. The van der Waals surface area contributed by atoms with Crippen LogP contribution in [-0.4, -0.2) is 22.0 Å². The first-order chi connectivity index (χ1) is 7.24. The Morgan fingerprint density at radius 1 is 1.00 bits per heavy atom. The van der Waals surface area contributed by atoms with E-state index in [0.29, 0.717) is 0 Å². The smallest absolute Gasteiger partial charge is 0.173 e. The molecule has 0 radical (unpaired) electrons. The van der Waals surface area contributed by atoms with Crippen molar-refractivity contribution in [3.63, 3.8) is 0 Å². The Bertz CT molecular complexity index is 185. The van der Waals surface area contributed by atoms with Gasteiger partial charge in [0, 0.05) is 6.61 Å². The van der Waals surface area contributed by atoms with Crippen LogP contribution < -0.4 is 0 Å². The molecule has 0 aromatic rings. The van der Waals surface area contributed by atoms with Gasteiger partial charge in [0.1, 0.15) is 0 Å². The van der Waals surface area contributed by atoms with E-state index in [1.54, 1.807) is 0 Å². The van der Waals surface area contributed by atoms with E-state index in [9.17, 15) is 0 Å². The highest BCUT2D eigenvalue weighted by Crippen LogP contribution is 2.22. The highest BCUT2D eigenvalue weighted by Gasteiger charge is 2.38. The molecule has 0 N–H and O–H groups in total. The molecule has 1 unspecified atom stereocenters. The van der Waals surface area contributed by atoms with Crippen molar-refractivity contribution in [2.45, 2.75) is 72.3 Å². The average Bonchev–Trinajstić information content (AvgIpc) is 2.16. The summed E-state index contributed by atoms with van der Waals surface area (Å²) in [5, 5.41) is 0. The minimum atomic E-state index is -1.38. The van der Waals surface area contributed by atoms with Crippen LogP contribution in [0.5, 0.6) is 0 Å². The van der Waals surface area contributed by atoms with E-state index < -0.39 is 15.4 Å². The topological polar surface area (TPSA) is 9.23 Å². The van der Waals surface area contributed by atoms with Gasteiger partial charge in [0.05, 0.1) is 7.59 Å². The molecule has 0 aromatic carbocycles. The van der Waals surface area contributed by atoms with Crippen LogP contribution in [0.3, 0.4) is 0 Å². The number of unbranched alkanes of at least 4 members (excludes halogenated alkanes) is 1. The SMILES string of the molecule is CCCCC(CC)CO[Si](C)(C)[Si](C)(C)C. The van der Waals surface area contributed by atoms with Crippen molar-refractivity contribution in [1.29, 1.82) is 0 Å². The van der Waals surface area contributed by atoms with Crippen LogP contribution in [-0.2, 0) is 4.43 Å². The summed E-state index contributed by atoms with van der Waals surface area (Å²) in [7, 11) is -2.46. The predicted molar refractivity (Wildman–Crippen MR) is 80.1 cm³/mol. The van der Waals surface area contributed by atoms with Crippen LogP contribution in [0.2, 0.25) is 32.7 Å². The Kier molecular flexibility index (Phi) is 7.14. The van der Waals surface area contributed by atoms with Crippen molar-refractivity contribution in [2.75, 3.05) is 6.61 Å². The predicted octanol–water partition coefficient (Wildman–Crippen LogP) is 4.84.